The normalized spacial score (nSPS) is 11.8. The average Bonchev–Trinajstić information content (AvgIpc) is 3.10. The summed E-state index contributed by atoms with van der Waals surface area (Å²) in [7, 11) is 1.57. The van der Waals surface area contributed by atoms with Crippen LogP contribution in [0.3, 0.4) is 0 Å². The van der Waals surface area contributed by atoms with Crippen LogP contribution in [0.4, 0.5) is 0 Å². The molecule has 2 aromatic carbocycles. The second kappa shape index (κ2) is 7.91. The Morgan fingerprint density at radius 1 is 1.06 bits per heavy atom. The van der Waals surface area contributed by atoms with E-state index in [1.165, 1.54) is 0 Å². The molecule has 5 aromatic rings. The fourth-order valence-electron chi connectivity index (χ4n) is 3.87. The van der Waals surface area contributed by atoms with Gasteiger partial charge in [-0.2, -0.15) is 0 Å². The molecule has 0 aliphatic rings. The highest BCUT2D eigenvalue weighted by Gasteiger charge is 2.21. The molecular formula is C24H22ClN5O2. The van der Waals surface area contributed by atoms with Gasteiger partial charge in [0.2, 0.25) is 0 Å². The first-order valence-electron chi connectivity index (χ1n) is 10.5. The minimum Gasteiger partial charge on any atom is -0.495 e. The van der Waals surface area contributed by atoms with Gasteiger partial charge in [0.1, 0.15) is 16.7 Å². The maximum absolute atomic E-state index is 13.5. The molecule has 0 fully saturated rings. The summed E-state index contributed by atoms with van der Waals surface area (Å²) in [6.45, 7) is 4.86. The molecule has 3 aromatic heterocycles. The van der Waals surface area contributed by atoms with E-state index in [-0.39, 0.29) is 5.56 Å². The van der Waals surface area contributed by atoms with E-state index < -0.39 is 0 Å². The molecule has 3 heterocycles. The standard InChI is InChI=1S/C24H22ClN5O2/c1-14(2)10-11-29-13-26-22-20(24(29)31)21-23(28-18-7-5-4-6-17(18)27-21)30(22)15-8-9-19(32-3)16(25)12-15/h4-9,12-14H,10-11H2,1-3H3. The Bertz CT molecular complexity index is 1540. The molecule has 0 atom stereocenters. The number of hydrogen-bond acceptors (Lipinski definition) is 5. The number of methoxy groups -OCH3 is 1. The third-order valence-electron chi connectivity index (χ3n) is 5.57. The first-order valence-corrected chi connectivity index (χ1v) is 10.9. The number of rotatable bonds is 5. The molecular weight excluding hydrogens is 426 g/mol. The van der Waals surface area contributed by atoms with Crippen LogP contribution in [-0.2, 0) is 6.54 Å². The highest BCUT2D eigenvalue weighted by atomic mass is 35.5. The first kappa shape index (κ1) is 20.5. The van der Waals surface area contributed by atoms with Crippen LogP contribution in [0.2, 0.25) is 5.02 Å². The average molecular weight is 448 g/mol. The summed E-state index contributed by atoms with van der Waals surface area (Å²) in [5.41, 5.74) is 3.67. The summed E-state index contributed by atoms with van der Waals surface area (Å²) in [5.74, 6) is 1.04. The number of aromatic nitrogens is 5. The summed E-state index contributed by atoms with van der Waals surface area (Å²) < 4.78 is 8.79. The Labute approximate surface area is 189 Å². The molecule has 0 saturated heterocycles. The van der Waals surface area contributed by atoms with Gasteiger partial charge in [0, 0.05) is 6.54 Å². The molecule has 0 saturated carbocycles. The van der Waals surface area contributed by atoms with E-state index in [1.54, 1.807) is 30.1 Å². The van der Waals surface area contributed by atoms with Gasteiger partial charge < -0.3 is 4.74 Å². The minimum atomic E-state index is -0.122. The lowest BCUT2D eigenvalue weighted by atomic mass is 10.1. The van der Waals surface area contributed by atoms with Gasteiger partial charge >= 0.3 is 0 Å². The van der Waals surface area contributed by atoms with Crippen LogP contribution >= 0.6 is 11.6 Å². The fraction of sp³-hybridized carbons (Fsp3) is 0.250. The maximum atomic E-state index is 13.5. The fourth-order valence-corrected chi connectivity index (χ4v) is 4.12. The Hall–Kier alpha value is -3.45. The van der Waals surface area contributed by atoms with Crippen molar-refractivity contribution in [3.8, 4) is 11.4 Å². The van der Waals surface area contributed by atoms with E-state index in [9.17, 15) is 4.79 Å². The van der Waals surface area contributed by atoms with Gasteiger partial charge in [-0.25, -0.2) is 15.0 Å². The lowest BCUT2D eigenvalue weighted by molar-refractivity contribution is 0.415. The molecule has 0 spiro atoms. The number of nitrogens with zero attached hydrogens (tertiary/aromatic N) is 5. The van der Waals surface area contributed by atoms with Crippen molar-refractivity contribution in [2.75, 3.05) is 7.11 Å². The van der Waals surface area contributed by atoms with Crippen LogP contribution in [0.15, 0.2) is 53.6 Å². The summed E-state index contributed by atoms with van der Waals surface area (Å²) in [4.78, 5) is 27.8. The molecule has 0 bridgehead atoms. The van der Waals surface area contributed by atoms with Crippen molar-refractivity contribution in [1.82, 2.24) is 24.1 Å². The van der Waals surface area contributed by atoms with Crippen LogP contribution < -0.4 is 10.3 Å². The van der Waals surface area contributed by atoms with Gasteiger partial charge in [-0.05, 0) is 42.7 Å². The van der Waals surface area contributed by atoms with Crippen LogP contribution in [0.5, 0.6) is 5.75 Å². The van der Waals surface area contributed by atoms with Crippen LogP contribution in [0.1, 0.15) is 20.3 Å². The van der Waals surface area contributed by atoms with E-state index in [4.69, 9.17) is 26.3 Å². The Balaban J connectivity index is 1.87. The first-order chi connectivity index (χ1) is 15.5. The number of benzene rings is 2. The quantitative estimate of drug-likeness (QED) is 0.379. The van der Waals surface area contributed by atoms with E-state index in [0.29, 0.717) is 45.4 Å². The minimum absolute atomic E-state index is 0.122. The van der Waals surface area contributed by atoms with Gasteiger partial charge in [0.05, 0.1) is 35.2 Å². The number of para-hydroxylation sites is 2. The summed E-state index contributed by atoms with van der Waals surface area (Å²) in [6, 6.07) is 13.0. The Kier molecular flexibility index (Phi) is 5.06. The monoisotopic (exact) mass is 447 g/mol. The van der Waals surface area contributed by atoms with Crippen LogP contribution in [0, 0.1) is 5.92 Å². The van der Waals surface area contributed by atoms with Crippen molar-refractivity contribution >= 4 is 44.8 Å². The maximum Gasteiger partial charge on any atom is 0.265 e. The molecule has 0 radical (unpaired) electrons. The summed E-state index contributed by atoms with van der Waals surface area (Å²) >= 11 is 6.41. The molecule has 7 nitrogen and oxygen atoms in total. The number of hydrogen-bond donors (Lipinski definition) is 0. The zero-order valence-corrected chi connectivity index (χ0v) is 18.8. The van der Waals surface area contributed by atoms with Crippen LogP contribution in [0.25, 0.3) is 38.9 Å². The number of halogens is 1. The summed E-state index contributed by atoms with van der Waals surface area (Å²) in [6.07, 6.45) is 2.49. The van der Waals surface area contributed by atoms with Crippen molar-refractivity contribution in [2.45, 2.75) is 26.8 Å². The topological polar surface area (TPSA) is 74.8 Å². The third kappa shape index (κ3) is 3.29. The molecule has 0 N–H and O–H groups in total. The molecule has 0 amide bonds. The Morgan fingerprint density at radius 3 is 2.50 bits per heavy atom. The van der Waals surface area contributed by atoms with Crippen molar-refractivity contribution in [1.29, 1.82) is 0 Å². The molecule has 162 valence electrons. The predicted molar refractivity (Wildman–Crippen MR) is 127 cm³/mol. The van der Waals surface area contributed by atoms with Gasteiger partial charge in [-0.15, -0.1) is 0 Å². The molecule has 0 aliphatic carbocycles. The van der Waals surface area contributed by atoms with Crippen molar-refractivity contribution in [3.05, 3.63) is 64.2 Å². The number of ether oxygens (including phenoxy) is 1. The lowest BCUT2D eigenvalue weighted by Gasteiger charge is -2.10. The molecule has 8 heteroatoms. The molecule has 32 heavy (non-hydrogen) atoms. The smallest absolute Gasteiger partial charge is 0.265 e. The largest absolute Gasteiger partial charge is 0.495 e. The zero-order valence-electron chi connectivity index (χ0n) is 18.0. The number of aryl methyl sites for hydroxylation is 1. The van der Waals surface area contributed by atoms with Crippen LogP contribution in [-0.4, -0.2) is 31.2 Å². The second-order valence-corrected chi connectivity index (χ2v) is 8.57. The molecule has 0 aliphatic heterocycles. The van der Waals surface area contributed by atoms with Crippen molar-refractivity contribution < 1.29 is 4.74 Å². The zero-order chi connectivity index (χ0) is 22.4. The Morgan fingerprint density at radius 2 is 1.81 bits per heavy atom. The highest BCUT2D eigenvalue weighted by Crippen LogP contribution is 2.32. The highest BCUT2D eigenvalue weighted by molar-refractivity contribution is 6.32. The van der Waals surface area contributed by atoms with Gasteiger partial charge in [0.25, 0.3) is 5.56 Å². The van der Waals surface area contributed by atoms with E-state index in [1.807, 2.05) is 34.9 Å². The van der Waals surface area contributed by atoms with Crippen molar-refractivity contribution in [3.63, 3.8) is 0 Å². The van der Waals surface area contributed by atoms with E-state index >= 15 is 0 Å². The molecule has 0 unspecified atom stereocenters. The summed E-state index contributed by atoms with van der Waals surface area (Å²) in [5, 5.41) is 0.912. The van der Waals surface area contributed by atoms with Gasteiger partial charge in [-0.3, -0.25) is 13.9 Å². The molecule has 5 rings (SSSR count). The van der Waals surface area contributed by atoms with E-state index in [0.717, 1.165) is 23.1 Å². The SMILES string of the molecule is COc1ccc(-n2c3nc4ccccc4nc3c3c(=O)n(CCC(C)C)cnc32)cc1Cl. The third-order valence-corrected chi connectivity index (χ3v) is 5.87. The second-order valence-electron chi connectivity index (χ2n) is 8.16. The van der Waals surface area contributed by atoms with Gasteiger partial charge in [0.15, 0.2) is 11.3 Å². The predicted octanol–water partition coefficient (Wildman–Crippen LogP) is 4.99. The van der Waals surface area contributed by atoms with Crippen molar-refractivity contribution in [2.24, 2.45) is 5.92 Å². The van der Waals surface area contributed by atoms with E-state index in [2.05, 4.69) is 18.8 Å². The van der Waals surface area contributed by atoms with Gasteiger partial charge in [-0.1, -0.05) is 37.6 Å². The lowest BCUT2D eigenvalue weighted by Crippen LogP contribution is -2.21. The number of fused-ring (bicyclic) bond motifs is 4.